The molecule has 0 atom stereocenters. The third-order valence-electron chi connectivity index (χ3n) is 5.35. The van der Waals surface area contributed by atoms with Crippen molar-refractivity contribution in [3.63, 3.8) is 0 Å². The van der Waals surface area contributed by atoms with E-state index in [2.05, 4.69) is 15.1 Å². The van der Waals surface area contributed by atoms with Gasteiger partial charge in [0.2, 0.25) is 4.96 Å². The average Bonchev–Trinajstić information content (AvgIpc) is 3.65. The number of aromatic nitrogens is 4. The summed E-state index contributed by atoms with van der Waals surface area (Å²) in [6.07, 6.45) is 8.62. The Hall–Kier alpha value is -4.31. The zero-order valence-electron chi connectivity index (χ0n) is 18.2. The first-order valence-electron chi connectivity index (χ1n) is 10.3. The Morgan fingerprint density at radius 1 is 1.03 bits per heavy atom. The van der Waals surface area contributed by atoms with Gasteiger partial charge in [-0.25, -0.2) is 4.98 Å². The predicted octanol–water partition coefficient (Wildman–Crippen LogP) is 5.46. The summed E-state index contributed by atoms with van der Waals surface area (Å²) in [7, 11) is 3.19. The van der Waals surface area contributed by atoms with Crippen LogP contribution in [0.2, 0.25) is 0 Å². The van der Waals surface area contributed by atoms with Gasteiger partial charge in [0.1, 0.15) is 29.4 Å². The maximum Gasteiger partial charge on any atom is 0.294 e. The monoisotopic (exact) mass is 474 g/mol. The summed E-state index contributed by atoms with van der Waals surface area (Å²) in [6.45, 7) is 0.321. The molecular weight excluding hydrogens is 456 g/mol. The summed E-state index contributed by atoms with van der Waals surface area (Å²) < 4.78 is 29.9. The highest BCUT2D eigenvalue weighted by Crippen LogP contribution is 2.38. The molecule has 0 spiro atoms. The van der Waals surface area contributed by atoms with Gasteiger partial charge in [0, 0.05) is 41.2 Å². The molecule has 0 N–H and O–H groups in total. The second-order valence-corrected chi connectivity index (χ2v) is 8.36. The normalized spacial score (nSPS) is 11.4. The lowest BCUT2D eigenvalue weighted by atomic mass is 10.1. The highest BCUT2D eigenvalue weighted by molar-refractivity contribution is 7.18. The number of furan rings is 2. The molecule has 0 saturated heterocycles. The number of pyridine rings is 1. The van der Waals surface area contributed by atoms with Crippen LogP contribution < -0.4 is 14.2 Å². The summed E-state index contributed by atoms with van der Waals surface area (Å²) in [5.41, 5.74) is 4.19. The number of methoxy groups -OCH3 is 2. The number of benzene rings is 1. The van der Waals surface area contributed by atoms with Crippen molar-refractivity contribution < 1.29 is 23.0 Å². The van der Waals surface area contributed by atoms with Gasteiger partial charge in [-0.05, 0) is 29.5 Å². The summed E-state index contributed by atoms with van der Waals surface area (Å²) in [5.74, 6) is 1.87. The Balaban J connectivity index is 1.35. The number of hydrogen-bond donors (Lipinski definition) is 0. The lowest BCUT2D eigenvalue weighted by Crippen LogP contribution is -1.97. The summed E-state index contributed by atoms with van der Waals surface area (Å²) in [5, 5.41) is 5.76. The van der Waals surface area contributed by atoms with Gasteiger partial charge in [0.05, 0.1) is 38.3 Å². The predicted molar refractivity (Wildman–Crippen MR) is 125 cm³/mol. The number of ether oxygens (including phenoxy) is 3. The van der Waals surface area contributed by atoms with Crippen molar-refractivity contribution in [2.45, 2.75) is 6.61 Å². The van der Waals surface area contributed by atoms with Crippen molar-refractivity contribution in [1.82, 2.24) is 19.6 Å². The molecule has 1 aromatic carbocycles. The number of rotatable bonds is 7. The van der Waals surface area contributed by atoms with E-state index in [4.69, 9.17) is 23.0 Å². The highest BCUT2D eigenvalue weighted by atomic mass is 32.1. The molecule has 0 saturated carbocycles. The molecule has 0 amide bonds. The van der Waals surface area contributed by atoms with Crippen LogP contribution >= 0.6 is 11.3 Å². The van der Waals surface area contributed by atoms with Gasteiger partial charge in [-0.3, -0.25) is 4.98 Å². The van der Waals surface area contributed by atoms with E-state index in [1.165, 1.54) is 11.3 Å². The van der Waals surface area contributed by atoms with E-state index in [9.17, 15) is 0 Å². The molecule has 0 aliphatic carbocycles. The van der Waals surface area contributed by atoms with E-state index >= 15 is 0 Å². The van der Waals surface area contributed by atoms with E-state index in [1.54, 1.807) is 49.9 Å². The van der Waals surface area contributed by atoms with Gasteiger partial charge in [-0.1, -0.05) is 0 Å². The van der Waals surface area contributed by atoms with Crippen LogP contribution in [0, 0.1) is 0 Å². The fraction of sp³-hybridized carbons (Fsp3) is 0.125. The second kappa shape index (κ2) is 8.23. The number of nitrogens with zero attached hydrogens (tertiary/aromatic N) is 4. The molecule has 5 heterocycles. The molecule has 9 nitrogen and oxygen atoms in total. The zero-order chi connectivity index (χ0) is 23.1. The van der Waals surface area contributed by atoms with E-state index in [1.807, 2.05) is 30.3 Å². The van der Waals surface area contributed by atoms with Crippen LogP contribution in [-0.4, -0.2) is 33.8 Å². The third-order valence-corrected chi connectivity index (χ3v) is 6.23. The average molecular weight is 474 g/mol. The maximum atomic E-state index is 6.20. The quantitative estimate of drug-likeness (QED) is 0.301. The molecule has 0 bridgehead atoms. The van der Waals surface area contributed by atoms with Crippen LogP contribution in [0.15, 0.2) is 70.3 Å². The van der Waals surface area contributed by atoms with Crippen molar-refractivity contribution in [3.8, 4) is 39.3 Å². The number of hydrogen-bond acceptors (Lipinski definition) is 9. The van der Waals surface area contributed by atoms with Crippen LogP contribution in [-0.2, 0) is 6.61 Å². The SMILES string of the molecule is COc1cc(OCc2cncc(-c3ccoc3)c2)c2cc(-c3cnc4sc(OC)nn34)oc2c1. The minimum absolute atomic E-state index is 0.321. The van der Waals surface area contributed by atoms with Crippen LogP contribution in [0.5, 0.6) is 16.7 Å². The topological polar surface area (TPSA) is 97.0 Å². The zero-order valence-corrected chi connectivity index (χ0v) is 19.0. The first-order valence-corrected chi connectivity index (χ1v) is 11.1. The van der Waals surface area contributed by atoms with Gasteiger partial charge in [-0.15, -0.1) is 5.10 Å². The number of imidazole rings is 1. The fourth-order valence-electron chi connectivity index (χ4n) is 3.69. The molecule has 5 aromatic heterocycles. The smallest absolute Gasteiger partial charge is 0.294 e. The first-order chi connectivity index (χ1) is 16.7. The van der Waals surface area contributed by atoms with Crippen LogP contribution in [0.25, 0.3) is 38.5 Å². The summed E-state index contributed by atoms with van der Waals surface area (Å²) >= 11 is 1.36. The largest absolute Gasteiger partial charge is 0.496 e. The lowest BCUT2D eigenvalue weighted by Gasteiger charge is -2.09. The Labute approximate surface area is 197 Å². The molecule has 0 unspecified atom stereocenters. The maximum absolute atomic E-state index is 6.20. The molecule has 0 fully saturated rings. The van der Waals surface area contributed by atoms with Crippen molar-refractivity contribution in [1.29, 1.82) is 0 Å². The summed E-state index contributed by atoms with van der Waals surface area (Å²) in [6, 6.07) is 9.50. The van der Waals surface area contributed by atoms with Crippen molar-refractivity contribution >= 4 is 27.3 Å². The van der Waals surface area contributed by atoms with E-state index in [0.717, 1.165) is 22.1 Å². The fourth-order valence-corrected chi connectivity index (χ4v) is 4.38. The molecular formula is C24H18N4O5S. The highest BCUT2D eigenvalue weighted by Gasteiger charge is 2.18. The minimum atomic E-state index is 0.321. The first kappa shape index (κ1) is 20.3. The van der Waals surface area contributed by atoms with Crippen molar-refractivity contribution in [2.24, 2.45) is 0 Å². The van der Waals surface area contributed by atoms with Crippen LogP contribution in [0.4, 0.5) is 0 Å². The van der Waals surface area contributed by atoms with Crippen LogP contribution in [0.3, 0.4) is 0 Å². The van der Waals surface area contributed by atoms with Gasteiger partial charge < -0.3 is 23.0 Å². The van der Waals surface area contributed by atoms with Gasteiger partial charge in [-0.2, -0.15) is 4.52 Å². The van der Waals surface area contributed by atoms with Crippen molar-refractivity contribution in [3.05, 3.63) is 67.0 Å². The van der Waals surface area contributed by atoms with E-state index < -0.39 is 0 Å². The molecule has 0 aliphatic rings. The Bertz CT molecular complexity index is 1600. The summed E-state index contributed by atoms with van der Waals surface area (Å²) in [4.78, 5) is 9.45. The Kier molecular flexibility index (Phi) is 4.92. The second-order valence-electron chi connectivity index (χ2n) is 7.44. The molecule has 0 radical (unpaired) electrons. The molecule has 10 heteroatoms. The standard InChI is InChI=1S/C24H18N4O5S/c1-29-17-6-20(32-12-14-5-16(10-25-9-14)15-3-4-31-13-15)18-8-22(33-21(18)7-17)19-11-26-23-28(19)27-24(30-2)34-23/h3-11,13H,12H2,1-2H3. The Morgan fingerprint density at radius 2 is 1.97 bits per heavy atom. The van der Waals surface area contributed by atoms with E-state index in [-0.39, 0.29) is 0 Å². The third kappa shape index (κ3) is 3.54. The lowest BCUT2D eigenvalue weighted by molar-refractivity contribution is 0.307. The van der Waals surface area contributed by atoms with E-state index in [0.29, 0.717) is 45.3 Å². The molecule has 0 aliphatic heterocycles. The molecule has 6 aromatic rings. The molecule has 170 valence electrons. The molecule has 34 heavy (non-hydrogen) atoms. The van der Waals surface area contributed by atoms with Gasteiger partial charge >= 0.3 is 0 Å². The minimum Gasteiger partial charge on any atom is -0.496 e. The van der Waals surface area contributed by atoms with Gasteiger partial charge in [0.25, 0.3) is 5.19 Å². The number of fused-ring (bicyclic) bond motifs is 2. The Morgan fingerprint density at radius 3 is 2.79 bits per heavy atom. The van der Waals surface area contributed by atoms with Crippen molar-refractivity contribution in [2.75, 3.05) is 14.2 Å². The van der Waals surface area contributed by atoms with Gasteiger partial charge in [0.15, 0.2) is 5.76 Å². The molecule has 6 rings (SSSR count). The van der Waals surface area contributed by atoms with Crippen LogP contribution in [0.1, 0.15) is 5.56 Å².